The first kappa shape index (κ1) is 14.4. The van der Waals surface area contributed by atoms with E-state index < -0.39 is 0 Å². The van der Waals surface area contributed by atoms with Crippen LogP contribution in [0.1, 0.15) is 30.8 Å². The normalized spacial score (nSPS) is 13.3. The molecule has 110 valence electrons. The Bertz CT molecular complexity index is 469. The van der Waals surface area contributed by atoms with Crippen LogP contribution in [-0.4, -0.2) is 52.4 Å². The predicted octanol–water partition coefficient (Wildman–Crippen LogP) is 0.297. The van der Waals surface area contributed by atoms with E-state index in [-0.39, 0.29) is 18.4 Å². The van der Waals surface area contributed by atoms with E-state index in [1.807, 2.05) is 18.4 Å². The minimum Gasteiger partial charge on any atom is -0.356 e. The van der Waals surface area contributed by atoms with Gasteiger partial charge in [0.2, 0.25) is 11.9 Å². The smallest absolute Gasteiger partial charge is 0.271 e. The molecule has 7 nitrogen and oxygen atoms in total. The molecule has 0 radical (unpaired) electrons. The van der Waals surface area contributed by atoms with Crippen LogP contribution >= 0.6 is 0 Å². The largest absolute Gasteiger partial charge is 0.356 e. The summed E-state index contributed by atoms with van der Waals surface area (Å²) >= 11 is 0. The van der Waals surface area contributed by atoms with Gasteiger partial charge in [0.25, 0.3) is 5.91 Å². The summed E-state index contributed by atoms with van der Waals surface area (Å²) in [6.45, 7) is 6.87. The molecule has 0 aliphatic carbocycles. The fourth-order valence-corrected chi connectivity index (χ4v) is 2.22. The Morgan fingerprint density at radius 1 is 1.45 bits per heavy atom. The zero-order chi connectivity index (χ0) is 14.5. The first-order valence-electron chi connectivity index (χ1n) is 7.02. The molecular formula is C13H21N5O2. The van der Waals surface area contributed by atoms with Crippen molar-refractivity contribution in [2.24, 2.45) is 0 Å². The molecule has 2 amide bonds. The lowest BCUT2D eigenvalue weighted by atomic mass is 10.4. The van der Waals surface area contributed by atoms with Gasteiger partial charge in [0.05, 0.1) is 6.54 Å². The minimum atomic E-state index is -0.311. The molecule has 1 aliphatic heterocycles. The second kappa shape index (κ2) is 6.40. The van der Waals surface area contributed by atoms with Crippen molar-refractivity contribution in [3.63, 3.8) is 0 Å². The summed E-state index contributed by atoms with van der Waals surface area (Å²) in [7, 11) is 0. The van der Waals surface area contributed by atoms with Gasteiger partial charge in [0, 0.05) is 32.4 Å². The van der Waals surface area contributed by atoms with Crippen molar-refractivity contribution in [2.75, 3.05) is 31.5 Å². The van der Waals surface area contributed by atoms with Crippen molar-refractivity contribution in [1.82, 2.24) is 19.8 Å². The third-order valence-corrected chi connectivity index (χ3v) is 3.38. The quantitative estimate of drug-likeness (QED) is 0.812. The Morgan fingerprint density at radius 2 is 2.20 bits per heavy atom. The average Bonchev–Trinajstić information content (AvgIpc) is 2.90. The van der Waals surface area contributed by atoms with E-state index in [4.69, 9.17) is 0 Å². The third-order valence-electron chi connectivity index (χ3n) is 3.38. The number of carbonyl (C=O) groups excluding carboxylic acids is 2. The number of amides is 2. The molecular weight excluding hydrogens is 258 g/mol. The Labute approximate surface area is 118 Å². The lowest BCUT2D eigenvalue weighted by molar-refractivity contribution is -0.129. The summed E-state index contributed by atoms with van der Waals surface area (Å²) in [6.07, 6.45) is 2.74. The van der Waals surface area contributed by atoms with Gasteiger partial charge in [-0.2, -0.15) is 0 Å². The molecule has 0 unspecified atom stereocenters. The molecule has 20 heavy (non-hydrogen) atoms. The molecule has 0 atom stereocenters. The zero-order valence-electron chi connectivity index (χ0n) is 12.0. The van der Waals surface area contributed by atoms with Crippen LogP contribution < -0.4 is 10.6 Å². The van der Waals surface area contributed by atoms with Crippen LogP contribution in [0.3, 0.4) is 0 Å². The number of likely N-dealkylation sites (N-methyl/N-ethyl adjacent to an activating group) is 1. The Morgan fingerprint density at radius 3 is 2.85 bits per heavy atom. The van der Waals surface area contributed by atoms with Crippen LogP contribution in [0.15, 0.2) is 6.20 Å². The second-order valence-corrected chi connectivity index (χ2v) is 4.67. The van der Waals surface area contributed by atoms with Crippen LogP contribution in [0.5, 0.6) is 0 Å². The average molecular weight is 279 g/mol. The maximum Gasteiger partial charge on any atom is 0.271 e. The standard InChI is InChI=1S/C13H21N5O2/c1-3-17(4-2)11(19)8-15-12(20)10-9-18-7-5-6-14-13(18)16-10/h9H,3-8H2,1-2H3,(H,14,16)(H,15,20). The first-order chi connectivity index (χ1) is 9.65. The fourth-order valence-electron chi connectivity index (χ4n) is 2.22. The van der Waals surface area contributed by atoms with Gasteiger partial charge >= 0.3 is 0 Å². The summed E-state index contributed by atoms with van der Waals surface area (Å²) in [5.74, 6) is 0.330. The number of hydrogen-bond acceptors (Lipinski definition) is 4. The summed E-state index contributed by atoms with van der Waals surface area (Å²) in [5, 5.41) is 5.76. The molecule has 0 saturated carbocycles. The zero-order valence-corrected chi connectivity index (χ0v) is 12.0. The van der Waals surface area contributed by atoms with Crippen LogP contribution in [-0.2, 0) is 11.3 Å². The number of anilines is 1. The third kappa shape index (κ3) is 3.09. The number of hydrogen-bond donors (Lipinski definition) is 2. The van der Waals surface area contributed by atoms with Crippen molar-refractivity contribution in [2.45, 2.75) is 26.8 Å². The molecule has 0 bridgehead atoms. The molecule has 1 aromatic rings. The molecule has 7 heteroatoms. The number of nitrogens with zero attached hydrogens (tertiary/aromatic N) is 3. The van der Waals surface area contributed by atoms with Gasteiger partial charge < -0.3 is 20.1 Å². The molecule has 1 aromatic heterocycles. The number of imidazole rings is 1. The van der Waals surface area contributed by atoms with Crippen LogP contribution in [0, 0.1) is 0 Å². The van der Waals surface area contributed by atoms with E-state index in [2.05, 4.69) is 15.6 Å². The maximum absolute atomic E-state index is 12.0. The van der Waals surface area contributed by atoms with Gasteiger partial charge in [-0.25, -0.2) is 4.98 Å². The summed E-state index contributed by atoms with van der Waals surface area (Å²) < 4.78 is 1.92. The van der Waals surface area contributed by atoms with Crippen molar-refractivity contribution < 1.29 is 9.59 Å². The van der Waals surface area contributed by atoms with E-state index in [0.717, 1.165) is 25.5 Å². The topological polar surface area (TPSA) is 79.3 Å². The number of carbonyl (C=O) groups is 2. The number of fused-ring (bicyclic) bond motifs is 1. The summed E-state index contributed by atoms with van der Waals surface area (Å²) in [5.41, 5.74) is 0.349. The highest BCUT2D eigenvalue weighted by Gasteiger charge is 2.17. The second-order valence-electron chi connectivity index (χ2n) is 4.67. The predicted molar refractivity (Wildman–Crippen MR) is 75.6 cm³/mol. The van der Waals surface area contributed by atoms with Gasteiger partial charge in [0.1, 0.15) is 5.69 Å². The van der Waals surface area contributed by atoms with Gasteiger partial charge in [-0.15, -0.1) is 0 Å². The highest BCUT2D eigenvalue weighted by molar-refractivity contribution is 5.95. The monoisotopic (exact) mass is 279 g/mol. The highest BCUT2D eigenvalue weighted by atomic mass is 16.2. The highest BCUT2D eigenvalue weighted by Crippen LogP contribution is 2.13. The molecule has 0 fully saturated rings. The number of rotatable bonds is 5. The van der Waals surface area contributed by atoms with E-state index in [1.54, 1.807) is 11.1 Å². The van der Waals surface area contributed by atoms with Crippen LogP contribution in [0.2, 0.25) is 0 Å². The summed E-state index contributed by atoms with van der Waals surface area (Å²) in [6, 6.07) is 0. The van der Waals surface area contributed by atoms with Gasteiger partial charge in [-0.05, 0) is 20.3 Å². The van der Waals surface area contributed by atoms with Crippen molar-refractivity contribution in [1.29, 1.82) is 0 Å². The molecule has 2 rings (SSSR count). The molecule has 2 heterocycles. The maximum atomic E-state index is 12.0. The van der Waals surface area contributed by atoms with Crippen molar-refractivity contribution >= 4 is 17.8 Å². The summed E-state index contributed by atoms with van der Waals surface area (Å²) in [4.78, 5) is 29.7. The Kier molecular flexibility index (Phi) is 4.60. The van der Waals surface area contributed by atoms with Gasteiger partial charge in [0.15, 0.2) is 0 Å². The lowest BCUT2D eigenvalue weighted by Crippen LogP contribution is -2.40. The molecule has 1 aliphatic rings. The molecule has 0 aromatic carbocycles. The van der Waals surface area contributed by atoms with Crippen molar-refractivity contribution in [3.05, 3.63) is 11.9 Å². The van der Waals surface area contributed by atoms with E-state index >= 15 is 0 Å². The van der Waals surface area contributed by atoms with E-state index in [1.165, 1.54) is 0 Å². The van der Waals surface area contributed by atoms with Crippen LogP contribution in [0.25, 0.3) is 0 Å². The molecule has 0 saturated heterocycles. The van der Waals surface area contributed by atoms with Gasteiger partial charge in [-0.3, -0.25) is 9.59 Å². The number of nitrogens with one attached hydrogen (secondary N) is 2. The number of aromatic nitrogens is 2. The minimum absolute atomic E-state index is 0.0101. The van der Waals surface area contributed by atoms with E-state index in [9.17, 15) is 9.59 Å². The molecule has 0 spiro atoms. The fraction of sp³-hybridized carbons (Fsp3) is 0.615. The SMILES string of the molecule is CCN(CC)C(=O)CNC(=O)c1cn2c(n1)NCCC2. The molecule has 2 N–H and O–H groups in total. The Hall–Kier alpha value is -2.05. The first-order valence-corrected chi connectivity index (χ1v) is 7.02. The Balaban J connectivity index is 1.92. The van der Waals surface area contributed by atoms with Gasteiger partial charge in [-0.1, -0.05) is 0 Å². The van der Waals surface area contributed by atoms with E-state index in [0.29, 0.717) is 18.8 Å². The van der Waals surface area contributed by atoms with Crippen LogP contribution in [0.4, 0.5) is 5.95 Å². The lowest BCUT2D eigenvalue weighted by Gasteiger charge is -2.18. The number of aryl methyl sites for hydroxylation is 1. The van der Waals surface area contributed by atoms with Crippen molar-refractivity contribution in [3.8, 4) is 0 Å².